The number of rotatable bonds is 3. The van der Waals surface area contributed by atoms with Gasteiger partial charge in [0, 0.05) is 18.6 Å². The van der Waals surface area contributed by atoms with Gasteiger partial charge in [-0.3, -0.25) is 0 Å². The maximum atomic E-state index is 3.80. The maximum absolute atomic E-state index is 3.80. The molecule has 0 aromatic heterocycles. The Bertz CT molecular complexity index is 193. The van der Waals surface area contributed by atoms with Crippen LogP contribution in [0.3, 0.4) is 0 Å². The van der Waals surface area contributed by atoms with Crippen LogP contribution in [0.1, 0.15) is 45.4 Å². The van der Waals surface area contributed by atoms with Crippen molar-refractivity contribution in [2.75, 3.05) is 20.1 Å². The van der Waals surface area contributed by atoms with Crippen molar-refractivity contribution in [3.05, 3.63) is 0 Å². The first-order valence-electron chi connectivity index (χ1n) is 6.71. The first-order chi connectivity index (χ1) is 7.27. The van der Waals surface area contributed by atoms with Gasteiger partial charge in [0.25, 0.3) is 0 Å². The van der Waals surface area contributed by atoms with Crippen LogP contribution in [0.25, 0.3) is 0 Å². The molecule has 0 aromatic carbocycles. The fourth-order valence-electron chi connectivity index (χ4n) is 3.14. The van der Waals surface area contributed by atoms with Crippen LogP contribution in [-0.2, 0) is 0 Å². The Balaban J connectivity index is 1.72. The highest BCUT2D eigenvalue weighted by Crippen LogP contribution is 2.24. The van der Waals surface area contributed by atoms with Crippen LogP contribution in [0.4, 0.5) is 0 Å². The molecule has 0 radical (unpaired) electrons. The second-order valence-electron chi connectivity index (χ2n) is 5.55. The summed E-state index contributed by atoms with van der Waals surface area (Å²) in [5.74, 6) is 0.894. The largest absolute Gasteiger partial charge is 0.312 e. The first-order valence-corrected chi connectivity index (χ1v) is 6.71. The van der Waals surface area contributed by atoms with Crippen molar-refractivity contribution in [1.29, 1.82) is 0 Å². The molecule has 2 aliphatic rings. The molecule has 88 valence electrons. The quantitative estimate of drug-likeness (QED) is 0.768. The molecular formula is C13H26N2. The van der Waals surface area contributed by atoms with Gasteiger partial charge >= 0.3 is 0 Å². The van der Waals surface area contributed by atoms with Gasteiger partial charge in [0.2, 0.25) is 0 Å². The number of likely N-dealkylation sites (tertiary alicyclic amines) is 1. The van der Waals surface area contributed by atoms with Gasteiger partial charge < -0.3 is 10.2 Å². The monoisotopic (exact) mass is 210 g/mol. The Morgan fingerprint density at radius 1 is 1.13 bits per heavy atom. The van der Waals surface area contributed by atoms with E-state index in [1.807, 2.05) is 0 Å². The second-order valence-corrected chi connectivity index (χ2v) is 5.55. The zero-order valence-corrected chi connectivity index (χ0v) is 10.3. The first kappa shape index (κ1) is 11.4. The normalized spacial score (nSPS) is 38.4. The number of hydrogen-bond acceptors (Lipinski definition) is 2. The number of hydrogen-bond donors (Lipinski definition) is 1. The van der Waals surface area contributed by atoms with Crippen molar-refractivity contribution in [1.82, 2.24) is 10.2 Å². The van der Waals surface area contributed by atoms with E-state index in [2.05, 4.69) is 24.2 Å². The predicted molar refractivity (Wildman–Crippen MR) is 65.1 cm³/mol. The Morgan fingerprint density at radius 3 is 2.60 bits per heavy atom. The number of nitrogens with one attached hydrogen (secondary N) is 1. The van der Waals surface area contributed by atoms with E-state index in [-0.39, 0.29) is 0 Å². The average molecular weight is 210 g/mol. The molecule has 0 amide bonds. The third kappa shape index (κ3) is 2.94. The van der Waals surface area contributed by atoms with Crippen LogP contribution in [0.15, 0.2) is 0 Å². The van der Waals surface area contributed by atoms with Gasteiger partial charge in [-0.15, -0.1) is 0 Å². The van der Waals surface area contributed by atoms with Crippen LogP contribution in [0.2, 0.25) is 0 Å². The molecule has 1 aliphatic carbocycles. The molecule has 1 heterocycles. The summed E-state index contributed by atoms with van der Waals surface area (Å²) >= 11 is 0. The van der Waals surface area contributed by atoms with Crippen LogP contribution in [0, 0.1) is 5.92 Å². The molecule has 1 aliphatic heterocycles. The highest BCUT2D eigenvalue weighted by Gasteiger charge is 2.24. The Morgan fingerprint density at radius 2 is 1.93 bits per heavy atom. The van der Waals surface area contributed by atoms with Gasteiger partial charge in [0.05, 0.1) is 0 Å². The van der Waals surface area contributed by atoms with Crippen LogP contribution < -0.4 is 5.32 Å². The second kappa shape index (κ2) is 5.31. The lowest BCUT2D eigenvalue weighted by atomic mass is 9.86. The lowest BCUT2D eigenvalue weighted by Crippen LogP contribution is -2.44. The Hall–Kier alpha value is -0.0800. The SMILES string of the molecule is CC1CCCCC1NCC1CCCN1C. The van der Waals surface area contributed by atoms with E-state index in [1.165, 1.54) is 51.6 Å². The molecule has 2 heteroatoms. The minimum Gasteiger partial charge on any atom is -0.312 e. The molecule has 1 saturated carbocycles. The van der Waals surface area contributed by atoms with E-state index in [1.54, 1.807) is 0 Å². The minimum absolute atomic E-state index is 0.799. The van der Waals surface area contributed by atoms with E-state index in [0.717, 1.165) is 18.0 Å². The van der Waals surface area contributed by atoms with Gasteiger partial charge in [-0.25, -0.2) is 0 Å². The Kier molecular flexibility index (Phi) is 4.04. The third-order valence-corrected chi connectivity index (χ3v) is 4.40. The topological polar surface area (TPSA) is 15.3 Å². The summed E-state index contributed by atoms with van der Waals surface area (Å²) in [6.45, 7) is 4.92. The van der Waals surface area contributed by atoms with Crippen molar-refractivity contribution >= 4 is 0 Å². The van der Waals surface area contributed by atoms with Gasteiger partial charge in [0.15, 0.2) is 0 Å². The molecule has 0 bridgehead atoms. The molecule has 1 N–H and O–H groups in total. The molecule has 2 rings (SSSR count). The molecule has 3 atom stereocenters. The van der Waals surface area contributed by atoms with Crippen molar-refractivity contribution in [2.24, 2.45) is 5.92 Å². The summed E-state index contributed by atoms with van der Waals surface area (Å²) < 4.78 is 0. The van der Waals surface area contributed by atoms with E-state index in [9.17, 15) is 0 Å². The number of nitrogens with zero attached hydrogens (tertiary/aromatic N) is 1. The van der Waals surface area contributed by atoms with E-state index in [0.29, 0.717) is 0 Å². The summed E-state index contributed by atoms with van der Waals surface area (Å²) in [6, 6.07) is 1.60. The molecule has 15 heavy (non-hydrogen) atoms. The van der Waals surface area contributed by atoms with Crippen LogP contribution >= 0.6 is 0 Å². The van der Waals surface area contributed by atoms with Gasteiger partial charge in [0.1, 0.15) is 0 Å². The smallest absolute Gasteiger partial charge is 0.0218 e. The number of likely N-dealkylation sites (N-methyl/N-ethyl adjacent to an activating group) is 1. The summed E-state index contributed by atoms with van der Waals surface area (Å²) in [5.41, 5.74) is 0. The lowest BCUT2D eigenvalue weighted by molar-refractivity contribution is 0.242. The fraction of sp³-hybridized carbons (Fsp3) is 1.00. The zero-order chi connectivity index (χ0) is 10.7. The molecule has 2 fully saturated rings. The highest BCUT2D eigenvalue weighted by molar-refractivity contribution is 4.83. The highest BCUT2D eigenvalue weighted by atomic mass is 15.2. The predicted octanol–water partition coefficient (Wildman–Crippen LogP) is 2.25. The van der Waals surface area contributed by atoms with Crippen LogP contribution in [0.5, 0.6) is 0 Å². The van der Waals surface area contributed by atoms with Crippen molar-refractivity contribution in [3.8, 4) is 0 Å². The fourth-order valence-corrected chi connectivity index (χ4v) is 3.14. The van der Waals surface area contributed by atoms with E-state index < -0.39 is 0 Å². The van der Waals surface area contributed by atoms with Gasteiger partial charge in [-0.2, -0.15) is 0 Å². The summed E-state index contributed by atoms with van der Waals surface area (Å²) in [4.78, 5) is 2.51. The molecular weight excluding hydrogens is 184 g/mol. The van der Waals surface area contributed by atoms with Gasteiger partial charge in [-0.05, 0) is 45.2 Å². The zero-order valence-electron chi connectivity index (χ0n) is 10.3. The average Bonchev–Trinajstić information content (AvgIpc) is 2.63. The summed E-state index contributed by atoms with van der Waals surface area (Å²) in [6.07, 6.45) is 8.49. The van der Waals surface area contributed by atoms with E-state index >= 15 is 0 Å². The molecule has 3 unspecified atom stereocenters. The molecule has 0 aromatic rings. The summed E-state index contributed by atoms with van der Waals surface area (Å²) in [5, 5.41) is 3.80. The van der Waals surface area contributed by atoms with E-state index in [4.69, 9.17) is 0 Å². The minimum atomic E-state index is 0.799. The standard InChI is InChI=1S/C13H26N2/c1-11-6-3-4-8-13(11)14-10-12-7-5-9-15(12)2/h11-14H,3-10H2,1-2H3. The Labute approximate surface area is 94.4 Å². The summed E-state index contributed by atoms with van der Waals surface area (Å²) in [7, 11) is 2.27. The third-order valence-electron chi connectivity index (χ3n) is 4.40. The van der Waals surface area contributed by atoms with Crippen molar-refractivity contribution in [2.45, 2.75) is 57.5 Å². The van der Waals surface area contributed by atoms with Crippen molar-refractivity contribution in [3.63, 3.8) is 0 Å². The molecule has 1 saturated heterocycles. The molecule has 2 nitrogen and oxygen atoms in total. The van der Waals surface area contributed by atoms with Crippen molar-refractivity contribution < 1.29 is 0 Å². The van der Waals surface area contributed by atoms with Gasteiger partial charge in [-0.1, -0.05) is 19.8 Å². The molecule has 0 spiro atoms. The van der Waals surface area contributed by atoms with Crippen LogP contribution in [-0.4, -0.2) is 37.1 Å². The lowest BCUT2D eigenvalue weighted by Gasteiger charge is -2.31. The maximum Gasteiger partial charge on any atom is 0.0218 e.